The topological polar surface area (TPSA) is 29.1 Å². The fourth-order valence-electron chi connectivity index (χ4n) is 2.62. The van der Waals surface area contributed by atoms with E-state index in [1.165, 1.54) is 11.6 Å². The summed E-state index contributed by atoms with van der Waals surface area (Å²) >= 11 is 0. The maximum atomic E-state index is 13.8. The van der Waals surface area contributed by atoms with Gasteiger partial charge in [-0.05, 0) is 35.1 Å². The number of hydrogen-bond donors (Lipinski definition) is 1. The molecule has 2 aromatic rings. The molecule has 0 radical (unpaired) electrons. The van der Waals surface area contributed by atoms with E-state index in [-0.39, 0.29) is 17.5 Å². The van der Waals surface area contributed by atoms with Crippen molar-refractivity contribution < 1.29 is 13.6 Å². The van der Waals surface area contributed by atoms with Gasteiger partial charge in [-0.3, -0.25) is 4.79 Å². The van der Waals surface area contributed by atoms with Crippen LogP contribution in [0.2, 0.25) is 0 Å². The lowest BCUT2D eigenvalue weighted by Gasteiger charge is -2.23. The number of carbonyl (C=O) groups excluding carboxylic acids is 1. The number of halogens is 2. The van der Waals surface area contributed by atoms with Crippen molar-refractivity contribution >= 4 is 5.91 Å². The number of benzene rings is 2. The van der Waals surface area contributed by atoms with E-state index in [4.69, 9.17) is 0 Å². The fraction of sp³-hybridized carbons (Fsp3) is 0.350. The molecule has 1 atom stereocenters. The smallest absolute Gasteiger partial charge is 0.254 e. The van der Waals surface area contributed by atoms with Crippen molar-refractivity contribution in [2.75, 3.05) is 0 Å². The summed E-state index contributed by atoms with van der Waals surface area (Å²) in [5.41, 5.74) is 2.03. The molecule has 0 aliphatic heterocycles. The molecule has 0 unspecified atom stereocenters. The van der Waals surface area contributed by atoms with Crippen molar-refractivity contribution in [1.82, 2.24) is 5.32 Å². The molecular formula is C20H23F2NO. The first kappa shape index (κ1) is 18.1. The Labute approximate surface area is 141 Å². The molecular weight excluding hydrogens is 308 g/mol. The lowest BCUT2D eigenvalue weighted by molar-refractivity contribution is 0.0921. The van der Waals surface area contributed by atoms with Crippen LogP contribution in [-0.4, -0.2) is 5.91 Å². The van der Waals surface area contributed by atoms with E-state index in [1.807, 2.05) is 38.1 Å². The van der Waals surface area contributed by atoms with Gasteiger partial charge in [0, 0.05) is 6.07 Å². The third-order valence-corrected chi connectivity index (χ3v) is 4.09. The molecule has 0 aliphatic carbocycles. The molecule has 0 bridgehead atoms. The normalized spacial score (nSPS) is 12.5. The Morgan fingerprint density at radius 3 is 2.00 bits per heavy atom. The lowest BCUT2D eigenvalue weighted by atomic mass is 9.93. The summed E-state index contributed by atoms with van der Waals surface area (Å²) in [6.45, 7) is 8.21. The Morgan fingerprint density at radius 1 is 0.917 bits per heavy atom. The molecule has 2 rings (SSSR count). The predicted molar refractivity (Wildman–Crippen MR) is 91.9 cm³/mol. The van der Waals surface area contributed by atoms with Crippen molar-refractivity contribution in [2.45, 2.75) is 39.7 Å². The number of rotatable bonds is 5. The Morgan fingerprint density at radius 2 is 1.50 bits per heavy atom. The van der Waals surface area contributed by atoms with Crippen molar-refractivity contribution in [3.63, 3.8) is 0 Å². The molecule has 2 nitrogen and oxygen atoms in total. The van der Waals surface area contributed by atoms with Gasteiger partial charge < -0.3 is 5.32 Å². The molecule has 4 heteroatoms. The minimum Gasteiger partial charge on any atom is -0.345 e. The third kappa shape index (κ3) is 4.19. The van der Waals surface area contributed by atoms with Crippen LogP contribution in [0, 0.1) is 17.6 Å². The molecule has 0 saturated heterocycles. The molecule has 0 aromatic heterocycles. The quantitative estimate of drug-likeness (QED) is 0.800. The van der Waals surface area contributed by atoms with Gasteiger partial charge in [-0.15, -0.1) is 0 Å². The van der Waals surface area contributed by atoms with Gasteiger partial charge in [0.05, 0.1) is 11.6 Å². The highest BCUT2D eigenvalue weighted by Crippen LogP contribution is 2.25. The summed E-state index contributed by atoms with van der Waals surface area (Å²) in [6, 6.07) is 10.8. The highest BCUT2D eigenvalue weighted by molar-refractivity contribution is 5.94. The van der Waals surface area contributed by atoms with E-state index in [9.17, 15) is 13.6 Å². The minimum absolute atomic E-state index is 0.127. The number of nitrogens with one attached hydrogen (secondary N) is 1. The number of hydrogen-bond acceptors (Lipinski definition) is 1. The van der Waals surface area contributed by atoms with Crippen LogP contribution in [0.15, 0.2) is 42.5 Å². The van der Waals surface area contributed by atoms with Gasteiger partial charge in [0.2, 0.25) is 0 Å². The SMILES string of the molecule is CC(C)c1ccc([C@H](NC(=O)c2ccc(F)cc2F)C(C)C)cc1. The van der Waals surface area contributed by atoms with Crippen LogP contribution in [-0.2, 0) is 0 Å². The van der Waals surface area contributed by atoms with Crippen molar-refractivity contribution in [2.24, 2.45) is 5.92 Å². The maximum Gasteiger partial charge on any atom is 0.254 e. The molecule has 0 aliphatic rings. The van der Waals surface area contributed by atoms with E-state index in [1.54, 1.807) is 0 Å². The van der Waals surface area contributed by atoms with E-state index in [2.05, 4.69) is 19.2 Å². The maximum absolute atomic E-state index is 13.8. The summed E-state index contributed by atoms with van der Waals surface area (Å²) in [5, 5.41) is 2.86. The third-order valence-electron chi connectivity index (χ3n) is 4.09. The second-order valence-electron chi connectivity index (χ2n) is 6.64. The minimum atomic E-state index is -0.856. The van der Waals surface area contributed by atoms with Gasteiger partial charge in [-0.2, -0.15) is 0 Å². The van der Waals surface area contributed by atoms with Gasteiger partial charge in [-0.25, -0.2) is 8.78 Å². The van der Waals surface area contributed by atoms with Crippen LogP contribution in [0.5, 0.6) is 0 Å². The first-order valence-corrected chi connectivity index (χ1v) is 8.15. The van der Waals surface area contributed by atoms with E-state index < -0.39 is 17.5 Å². The average molecular weight is 331 g/mol. The summed E-state index contributed by atoms with van der Waals surface area (Å²) in [4.78, 5) is 12.4. The molecule has 2 aromatic carbocycles. The van der Waals surface area contributed by atoms with Crippen LogP contribution in [0.1, 0.15) is 61.1 Å². The van der Waals surface area contributed by atoms with Gasteiger partial charge in [-0.1, -0.05) is 52.0 Å². The molecule has 1 N–H and O–H groups in total. The second kappa shape index (κ2) is 7.56. The molecule has 0 heterocycles. The Hall–Kier alpha value is -2.23. The highest BCUT2D eigenvalue weighted by Gasteiger charge is 2.21. The molecule has 0 saturated carbocycles. The van der Waals surface area contributed by atoms with Gasteiger partial charge >= 0.3 is 0 Å². The van der Waals surface area contributed by atoms with Crippen LogP contribution in [0.25, 0.3) is 0 Å². The van der Waals surface area contributed by atoms with Crippen LogP contribution < -0.4 is 5.32 Å². The largest absolute Gasteiger partial charge is 0.345 e. The standard InChI is InChI=1S/C20H23F2NO/c1-12(2)14-5-7-15(8-6-14)19(13(3)4)23-20(24)17-10-9-16(21)11-18(17)22/h5-13,19H,1-4H3,(H,23,24)/t19-/m1/s1. The van der Waals surface area contributed by atoms with E-state index in [0.717, 1.165) is 17.7 Å². The van der Waals surface area contributed by atoms with Crippen molar-refractivity contribution in [3.05, 3.63) is 70.8 Å². The fourth-order valence-corrected chi connectivity index (χ4v) is 2.62. The molecule has 0 fully saturated rings. The van der Waals surface area contributed by atoms with Crippen molar-refractivity contribution in [1.29, 1.82) is 0 Å². The Bertz CT molecular complexity index is 708. The van der Waals surface area contributed by atoms with E-state index >= 15 is 0 Å². The highest BCUT2D eigenvalue weighted by atomic mass is 19.1. The summed E-state index contributed by atoms with van der Waals surface area (Å²) in [6.07, 6.45) is 0. The van der Waals surface area contributed by atoms with Crippen molar-refractivity contribution in [3.8, 4) is 0 Å². The molecule has 1 amide bonds. The number of carbonyl (C=O) groups is 1. The van der Waals surface area contributed by atoms with Crippen LogP contribution >= 0.6 is 0 Å². The lowest BCUT2D eigenvalue weighted by Crippen LogP contribution is -2.32. The van der Waals surface area contributed by atoms with Gasteiger partial charge in [0.25, 0.3) is 5.91 Å². The monoisotopic (exact) mass is 331 g/mol. The number of amides is 1. The Balaban J connectivity index is 2.23. The molecule has 24 heavy (non-hydrogen) atoms. The Kier molecular flexibility index (Phi) is 5.71. The first-order chi connectivity index (χ1) is 11.3. The predicted octanol–water partition coefficient (Wildman–Crippen LogP) is 5.22. The summed E-state index contributed by atoms with van der Waals surface area (Å²) < 4.78 is 26.8. The summed E-state index contributed by atoms with van der Waals surface area (Å²) in [5.74, 6) is -1.54. The summed E-state index contributed by atoms with van der Waals surface area (Å²) in [7, 11) is 0. The van der Waals surface area contributed by atoms with Gasteiger partial charge in [0.1, 0.15) is 11.6 Å². The zero-order chi connectivity index (χ0) is 17.9. The zero-order valence-electron chi connectivity index (χ0n) is 14.4. The average Bonchev–Trinajstić information content (AvgIpc) is 2.52. The van der Waals surface area contributed by atoms with E-state index in [0.29, 0.717) is 5.92 Å². The molecule has 128 valence electrons. The first-order valence-electron chi connectivity index (χ1n) is 8.15. The molecule has 0 spiro atoms. The van der Waals surface area contributed by atoms with Crippen LogP contribution in [0.4, 0.5) is 8.78 Å². The second-order valence-corrected chi connectivity index (χ2v) is 6.64. The zero-order valence-corrected chi connectivity index (χ0v) is 14.4. The van der Waals surface area contributed by atoms with Gasteiger partial charge in [0.15, 0.2) is 0 Å². The van der Waals surface area contributed by atoms with Crippen LogP contribution in [0.3, 0.4) is 0 Å².